The second-order valence-electron chi connectivity index (χ2n) is 3.92. The van der Waals surface area contributed by atoms with E-state index in [0.717, 1.165) is 16.7 Å². The summed E-state index contributed by atoms with van der Waals surface area (Å²) in [6, 6.07) is 17.9. The van der Waals surface area contributed by atoms with Crippen molar-refractivity contribution < 1.29 is 1.37 Å². The quantitative estimate of drug-likeness (QED) is 0.672. The van der Waals surface area contributed by atoms with E-state index < -0.39 is 0 Å². The Kier molecular flexibility index (Phi) is 2.54. The first kappa shape index (κ1) is 9.54. The summed E-state index contributed by atoms with van der Waals surface area (Å²) in [5.74, 6) is 0.588. The molecule has 0 aliphatic carbocycles. The molecule has 2 aromatic carbocycles. The van der Waals surface area contributed by atoms with Gasteiger partial charge in [0, 0.05) is 18.0 Å². The van der Waals surface area contributed by atoms with Crippen LogP contribution < -0.4 is 0 Å². The summed E-state index contributed by atoms with van der Waals surface area (Å²) in [6.07, 6.45) is 3.38. The third-order valence-corrected chi connectivity index (χ3v) is 2.69. The maximum atomic E-state index is 8.34. The highest BCUT2D eigenvalue weighted by Gasteiger charge is 2.02. The summed E-state index contributed by atoms with van der Waals surface area (Å²) in [4.78, 5) is 8.43. The average Bonchev–Trinajstić information content (AvgIpc) is 2.49. The Balaban J connectivity index is 2.15. The van der Waals surface area contributed by atoms with Gasteiger partial charge in [-0.25, -0.2) is 9.97 Å². The van der Waals surface area contributed by atoms with Crippen molar-refractivity contribution in [2.45, 2.75) is 0 Å². The molecule has 0 N–H and O–H groups in total. The van der Waals surface area contributed by atoms with E-state index in [4.69, 9.17) is 1.37 Å². The number of nitrogens with zero attached hydrogens (tertiary/aromatic N) is 2. The fraction of sp³-hybridized carbons (Fsp3) is 0. The van der Waals surface area contributed by atoms with Crippen LogP contribution in [0.25, 0.3) is 22.5 Å². The Morgan fingerprint density at radius 3 is 2.11 bits per heavy atom. The zero-order valence-electron chi connectivity index (χ0n) is 10.7. The Hall–Kier alpha value is -2.48. The lowest BCUT2D eigenvalue weighted by atomic mass is 10.0. The summed E-state index contributed by atoms with van der Waals surface area (Å²) in [5, 5.41) is 0. The van der Waals surface area contributed by atoms with Gasteiger partial charge in [0.25, 0.3) is 0 Å². The first-order valence-electron chi connectivity index (χ1n) is 6.28. The number of aromatic nitrogens is 2. The Bertz CT molecular complexity index is 624. The Labute approximate surface area is 107 Å². The van der Waals surface area contributed by atoms with E-state index in [2.05, 4.69) is 9.97 Å². The molecule has 86 valence electrons. The molecular weight excluding hydrogens is 220 g/mol. The lowest BCUT2D eigenvalue weighted by Crippen LogP contribution is -1.87. The van der Waals surface area contributed by atoms with E-state index in [1.54, 1.807) is 18.5 Å². The average molecular weight is 233 g/mol. The summed E-state index contributed by atoms with van der Waals surface area (Å²) >= 11 is 0. The lowest BCUT2D eigenvalue weighted by molar-refractivity contribution is 1.18. The molecule has 1 aromatic heterocycles. The van der Waals surface area contributed by atoms with E-state index in [1.807, 2.05) is 48.5 Å². The highest BCUT2D eigenvalue weighted by Crippen LogP contribution is 2.23. The molecule has 0 spiro atoms. The van der Waals surface area contributed by atoms with Crippen molar-refractivity contribution in [1.82, 2.24) is 9.97 Å². The van der Waals surface area contributed by atoms with Crippen LogP contribution in [0.4, 0.5) is 0 Å². The molecule has 3 rings (SSSR count). The van der Waals surface area contributed by atoms with Gasteiger partial charge in [-0.05, 0) is 23.2 Å². The second-order valence-corrected chi connectivity index (χ2v) is 3.92. The third-order valence-electron chi connectivity index (χ3n) is 2.69. The van der Waals surface area contributed by atoms with Crippen molar-refractivity contribution in [3.63, 3.8) is 0 Å². The van der Waals surface area contributed by atoms with E-state index in [9.17, 15) is 0 Å². The van der Waals surface area contributed by atoms with Gasteiger partial charge in [-0.1, -0.05) is 48.5 Å². The summed E-state index contributed by atoms with van der Waals surface area (Å²) in [5.41, 5.74) is 2.68. The molecule has 0 saturated carbocycles. The maximum Gasteiger partial charge on any atom is 0.159 e. The van der Waals surface area contributed by atoms with Crippen molar-refractivity contribution in [3.8, 4) is 22.5 Å². The van der Waals surface area contributed by atoms with Crippen LogP contribution in [-0.4, -0.2) is 9.97 Å². The van der Waals surface area contributed by atoms with Crippen molar-refractivity contribution in [2.75, 3.05) is 0 Å². The molecule has 0 aliphatic rings. The maximum absolute atomic E-state index is 8.34. The zero-order valence-corrected chi connectivity index (χ0v) is 9.75. The minimum absolute atomic E-state index is 0.458. The van der Waals surface area contributed by atoms with Gasteiger partial charge in [0.05, 0.1) is 1.37 Å². The third kappa shape index (κ3) is 2.13. The van der Waals surface area contributed by atoms with E-state index >= 15 is 0 Å². The van der Waals surface area contributed by atoms with Crippen LogP contribution in [0.5, 0.6) is 0 Å². The van der Waals surface area contributed by atoms with Crippen LogP contribution >= 0.6 is 0 Å². The molecule has 0 amide bonds. The zero-order chi connectivity index (χ0) is 13.1. The largest absolute Gasteiger partial charge is 0.237 e. The predicted octanol–water partition coefficient (Wildman–Crippen LogP) is 3.81. The van der Waals surface area contributed by atoms with Gasteiger partial charge in [0.15, 0.2) is 5.82 Å². The van der Waals surface area contributed by atoms with Crippen molar-refractivity contribution in [3.05, 3.63) is 73.0 Å². The van der Waals surface area contributed by atoms with E-state index in [1.165, 1.54) is 0 Å². The lowest BCUT2D eigenvalue weighted by Gasteiger charge is -2.04. The van der Waals surface area contributed by atoms with Gasteiger partial charge in [0.1, 0.15) is 0 Å². The molecule has 2 nitrogen and oxygen atoms in total. The van der Waals surface area contributed by atoms with Crippen molar-refractivity contribution >= 4 is 0 Å². The normalized spacial score (nSPS) is 11.0. The number of benzene rings is 2. The van der Waals surface area contributed by atoms with Crippen molar-refractivity contribution in [2.24, 2.45) is 0 Å². The molecule has 0 radical (unpaired) electrons. The minimum Gasteiger partial charge on any atom is -0.237 e. The second kappa shape index (κ2) is 4.80. The van der Waals surface area contributed by atoms with Gasteiger partial charge >= 0.3 is 0 Å². The van der Waals surface area contributed by atoms with Crippen LogP contribution in [0.1, 0.15) is 1.37 Å². The summed E-state index contributed by atoms with van der Waals surface area (Å²) in [7, 11) is 0. The Morgan fingerprint density at radius 1 is 0.667 bits per heavy atom. The first-order chi connectivity index (χ1) is 9.36. The standard InChI is InChI=1S/C16H12N2/c1-2-6-13(7-3-1)14-8-4-9-15(12-14)16-17-10-5-11-18-16/h1-12H/i12D. The molecule has 0 fully saturated rings. The molecule has 18 heavy (non-hydrogen) atoms. The molecule has 2 heteroatoms. The monoisotopic (exact) mass is 233 g/mol. The van der Waals surface area contributed by atoms with Crippen molar-refractivity contribution in [1.29, 1.82) is 0 Å². The van der Waals surface area contributed by atoms with Gasteiger partial charge in [-0.2, -0.15) is 0 Å². The minimum atomic E-state index is 0.458. The van der Waals surface area contributed by atoms with Crippen LogP contribution in [0.3, 0.4) is 0 Å². The molecular formula is C16H12N2. The highest BCUT2D eigenvalue weighted by atomic mass is 14.8. The molecule has 0 atom stereocenters. The van der Waals surface area contributed by atoms with Crippen LogP contribution in [0, 0.1) is 0 Å². The van der Waals surface area contributed by atoms with Gasteiger partial charge in [0.2, 0.25) is 0 Å². The fourth-order valence-electron chi connectivity index (χ4n) is 1.82. The van der Waals surface area contributed by atoms with Gasteiger partial charge in [-0.15, -0.1) is 0 Å². The number of hydrogen-bond acceptors (Lipinski definition) is 2. The topological polar surface area (TPSA) is 25.8 Å². The fourth-order valence-corrected chi connectivity index (χ4v) is 1.82. The van der Waals surface area contributed by atoms with Crippen LogP contribution in [0.2, 0.25) is 0 Å². The molecule has 0 aliphatic heterocycles. The van der Waals surface area contributed by atoms with Gasteiger partial charge in [-0.3, -0.25) is 0 Å². The number of rotatable bonds is 2. The molecule has 1 heterocycles. The van der Waals surface area contributed by atoms with Crippen LogP contribution in [-0.2, 0) is 0 Å². The first-order valence-corrected chi connectivity index (χ1v) is 5.78. The van der Waals surface area contributed by atoms with Gasteiger partial charge < -0.3 is 0 Å². The summed E-state index contributed by atoms with van der Waals surface area (Å²) in [6.45, 7) is 0. The molecule has 3 aromatic rings. The molecule has 0 saturated heterocycles. The highest BCUT2D eigenvalue weighted by molar-refractivity contribution is 5.69. The van der Waals surface area contributed by atoms with Crippen LogP contribution in [0.15, 0.2) is 73.0 Å². The SMILES string of the molecule is [2H]c1c(-c2ccccc2)cccc1-c1ncccn1. The summed E-state index contributed by atoms with van der Waals surface area (Å²) < 4.78 is 8.34. The van der Waals surface area contributed by atoms with E-state index in [0.29, 0.717) is 11.9 Å². The smallest absolute Gasteiger partial charge is 0.159 e. The predicted molar refractivity (Wildman–Crippen MR) is 72.9 cm³/mol. The van der Waals surface area contributed by atoms with E-state index in [-0.39, 0.29) is 0 Å². The number of hydrogen-bond donors (Lipinski definition) is 0. The molecule has 0 bridgehead atoms. The Morgan fingerprint density at radius 2 is 1.33 bits per heavy atom. The molecule has 0 unspecified atom stereocenters.